The van der Waals surface area contributed by atoms with Gasteiger partial charge in [0.15, 0.2) is 0 Å². The normalized spacial score (nSPS) is 15.4. The molecule has 0 fully saturated rings. The second-order valence-corrected chi connectivity index (χ2v) is 3.53. The van der Waals surface area contributed by atoms with Crippen LogP contribution in [0.5, 0.6) is 0 Å². The minimum atomic E-state index is -0.513. The van der Waals surface area contributed by atoms with Crippen molar-refractivity contribution in [2.75, 3.05) is 14.1 Å². The van der Waals surface area contributed by atoms with Crippen LogP contribution in [0.2, 0.25) is 0 Å². The molecular formula is C11H15NO. The zero-order valence-corrected chi connectivity index (χ0v) is 8.32. The number of aldehydes is 1. The molecule has 0 N–H and O–H groups in total. The van der Waals surface area contributed by atoms with Crippen LogP contribution in [0.1, 0.15) is 12.5 Å². The van der Waals surface area contributed by atoms with E-state index in [0.29, 0.717) is 0 Å². The van der Waals surface area contributed by atoms with Gasteiger partial charge in [-0.25, -0.2) is 0 Å². The van der Waals surface area contributed by atoms with Crippen LogP contribution in [0, 0.1) is 0 Å². The molecule has 0 heterocycles. The largest absolute Gasteiger partial charge is 0.301 e. The molecule has 2 heteroatoms. The van der Waals surface area contributed by atoms with Crippen LogP contribution in [-0.2, 0) is 10.3 Å². The SMILES string of the molecule is CN(C)C(C)(C=O)c1ccccc1. The van der Waals surface area contributed by atoms with E-state index in [2.05, 4.69) is 0 Å². The molecule has 0 saturated heterocycles. The second kappa shape index (κ2) is 3.71. The van der Waals surface area contributed by atoms with Crippen LogP contribution in [-0.4, -0.2) is 25.3 Å². The van der Waals surface area contributed by atoms with Gasteiger partial charge in [0.2, 0.25) is 0 Å². The number of likely N-dealkylation sites (N-methyl/N-ethyl adjacent to an activating group) is 1. The van der Waals surface area contributed by atoms with E-state index in [4.69, 9.17) is 0 Å². The number of hydrogen-bond donors (Lipinski definition) is 0. The molecule has 1 unspecified atom stereocenters. The summed E-state index contributed by atoms with van der Waals surface area (Å²) in [5, 5.41) is 0. The molecule has 0 aliphatic heterocycles. The lowest BCUT2D eigenvalue weighted by molar-refractivity contribution is -0.116. The Labute approximate surface area is 79.2 Å². The fourth-order valence-electron chi connectivity index (χ4n) is 1.21. The summed E-state index contributed by atoms with van der Waals surface area (Å²) in [6, 6.07) is 9.77. The van der Waals surface area contributed by atoms with Crippen molar-refractivity contribution in [1.82, 2.24) is 4.90 Å². The standard InChI is InChI=1S/C11H15NO/c1-11(9-13,12(2)3)10-7-5-4-6-8-10/h4-9H,1-3H3. The average Bonchev–Trinajstić information content (AvgIpc) is 2.17. The number of rotatable bonds is 3. The van der Waals surface area contributed by atoms with E-state index in [9.17, 15) is 4.79 Å². The van der Waals surface area contributed by atoms with Crippen LogP contribution < -0.4 is 0 Å². The lowest BCUT2D eigenvalue weighted by Crippen LogP contribution is -2.39. The van der Waals surface area contributed by atoms with Crippen molar-refractivity contribution < 1.29 is 4.79 Å². The van der Waals surface area contributed by atoms with E-state index < -0.39 is 5.54 Å². The number of benzene rings is 1. The van der Waals surface area contributed by atoms with Crippen LogP contribution in [0.25, 0.3) is 0 Å². The quantitative estimate of drug-likeness (QED) is 0.654. The maximum atomic E-state index is 11.0. The van der Waals surface area contributed by atoms with Gasteiger partial charge in [0, 0.05) is 0 Å². The zero-order chi connectivity index (χ0) is 9.90. The summed E-state index contributed by atoms with van der Waals surface area (Å²) in [7, 11) is 3.81. The molecular weight excluding hydrogens is 162 g/mol. The van der Waals surface area contributed by atoms with Gasteiger partial charge in [0.1, 0.15) is 6.29 Å². The molecule has 13 heavy (non-hydrogen) atoms. The lowest BCUT2D eigenvalue weighted by atomic mass is 9.93. The molecule has 0 bridgehead atoms. The Morgan fingerprint density at radius 2 is 1.77 bits per heavy atom. The van der Waals surface area contributed by atoms with Gasteiger partial charge in [-0.1, -0.05) is 30.3 Å². The summed E-state index contributed by atoms with van der Waals surface area (Å²) in [5.74, 6) is 0. The highest BCUT2D eigenvalue weighted by molar-refractivity contribution is 5.67. The Morgan fingerprint density at radius 3 is 2.15 bits per heavy atom. The van der Waals surface area contributed by atoms with E-state index >= 15 is 0 Å². The van der Waals surface area contributed by atoms with Gasteiger partial charge in [-0.15, -0.1) is 0 Å². The van der Waals surface area contributed by atoms with Crippen molar-refractivity contribution in [2.24, 2.45) is 0 Å². The molecule has 1 aromatic carbocycles. The highest BCUT2D eigenvalue weighted by Gasteiger charge is 2.27. The molecule has 0 aromatic heterocycles. The number of hydrogen-bond acceptors (Lipinski definition) is 2. The first-order valence-corrected chi connectivity index (χ1v) is 4.30. The van der Waals surface area contributed by atoms with Crippen molar-refractivity contribution in [3.63, 3.8) is 0 Å². The third kappa shape index (κ3) is 1.78. The van der Waals surface area contributed by atoms with Crippen molar-refractivity contribution in [3.8, 4) is 0 Å². The first-order valence-electron chi connectivity index (χ1n) is 4.30. The molecule has 1 rings (SSSR count). The minimum Gasteiger partial charge on any atom is -0.301 e. The average molecular weight is 177 g/mol. The third-order valence-electron chi connectivity index (χ3n) is 2.52. The van der Waals surface area contributed by atoms with E-state index in [-0.39, 0.29) is 0 Å². The van der Waals surface area contributed by atoms with E-state index in [1.165, 1.54) is 0 Å². The molecule has 1 atom stereocenters. The topological polar surface area (TPSA) is 20.3 Å². The Bertz CT molecular complexity index is 281. The van der Waals surface area contributed by atoms with Gasteiger partial charge in [0.25, 0.3) is 0 Å². The van der Waals surface area contributed by atoms with Gasteiger partial charge in [-0.05, 0) is 26.6 Å². The highest BCUT2D eigenvalue weighted by Crippen LogP contribution is 2.22. The fraction of sp³-hybridized carbons (Fsp3) is 0.364. The minimum absolute atomic E-state index is 0.513. The fourth-order valence-corrected chi connectivity index (χ4v) is 1.21. The first-order chi connectivity index (χ1) is 6.11. The monoisotopic (exact) mass is 177 g/mol. The van der Waals surface area contributed by atoms with Crippen molar-refractivity contribution in [3.05, 3.63) is 35.9 Å². The molecule has 0 aliphatic rings. The van der Waals surface area contributed by atoms with Crippen LogP contribution in [0.15, 0.2) is 30.3 Å². The first kappa shape index (κ1) is 9.93. The Balaban J connectivity index is 3.10. The van der Waals surface area contributed by atoms with E-state index in [1.807, 2.05) is 56.3 Å². The summed E-state index contributed by atoms with van der Waals surface area (Å²) in [5.41, 5.74) is 0.511. The van der Waals surface area contributed by atoms with Gasteiger partial charge >= 0.3 is 0 Å². The Hall–Kier alpha value is -1.15. The van der Waals surface area contributed by atoms with E-state index in [0.717, 1.165) is 11.8 Å². The van der Waals surface area contributed by atoms with Crippen LogP contribution in [0.4, 0.5) is 0 Å². The number of nitrogens with zero attached hydrogens (tertiary/aromatic N) is 1. The summed E-state index contributed by atoms with van der Waals surface area (Å²) >= 11 is 0. The highest BCUT2D eigenvalue weighted by atomic mass is 16.1. The van der Waals surface area contributed by atoms with Crippen LogP contribution >= 0.6 is 0 Å². The summed E-state index contributed by atoms with van der Waals surface area (Å²) in [6.07, 6.45) is 0.975. The Morgan fingerprint density at radius 1 is 1.23 bits per heavy atom. The smallest absolute Gasteiger partial charge is 0.144 e. The van der Waals surface area contributed by atoms with Gasteiger partial charge < -0.3 is 4.79 Å². The van der Waals surface area contributed by atoms with Gasteiger partial charge in [-0.3, -0.25) is 4.90 Å². The molecule has 0 spiro atoms. The number of carbonyl (C=O) groups is 1. The maximum absolute atomic E-state index is 11.0. The molecule has 0 saturated carbocycles. The van der Waals surface area contributed by atoms with Crippen LogP contribution in [0.3, 0.4) is 0 Å². The zero-order valence-electron chi connectivity index (χ0n) is 8.32. The predicted octanol–water partition coefficient (Wildman–Crippen LogP) is 1.66. The molecule has 70 valence electrons. The lowest BCUT2D eigenvalue weighted by Gasteiger charge is -2.31. The van der Waals surface area contributed by atoms with Crippen molar-refractivity contribution in [1.29, 1.82) is 0 Å². The molecule has 2 nitrogen and oxygen atoms in total. The molecule has 1 aromatic rings. The molecule has 0 radical (unpaired) electrons. The maximum Gasteiger partial charge on any atom is 0.144 e. The van der Waals surface area contributed by atoms with Gasteiger partial charge in [-0.2, -0.15) is 0 Å². The summed E-state index contributed by atoms with van der Waals surface area (Å²) in [6.45, 7) is 1.91. The van der Waals surface area contributed by atoms with Crippen molar-refractivity contribution in [2.45, 2.75) is 12.5 Å². The predicted molar refractivity (Wildman–Crippen MR) is 53.5 cm³/mol. The summed E-state index contributed by atoms with van der Waals surface area (Å²) < 4.78 is 0. The van der Waals surface area contributed by atoms with Crippen molar-refractivity contribution >= 4 is 6.29 Å². The van der Waals surface area contributed by atoms with E-state index in [1.54, 1.807) is 0 Å². The third-order valence-corrected chi connectivity index (χ3v) is 2.52. The molecule has 0 amide bonds. The number of carbonyl (C=O) groups excluding carboxylic acids is 1. The summed E-state index contributed by atoms with van der Waals surface area (Å²) in [4.78, 5) is 12.9. The second-order valence-electron chi connectivity index (χ2n) is 3.53. The molecule has 0 aliphatic carbocycles. The van der Waals surface area contributed by atoms with Gasteiger partial charge in [0.05, 0.1) is 5.54 Å². The Kier molecular flexibility index (Phi) is 2.83.